The molecule has 0 radical (unpaired) electrons. The second-order valence-corrected chi connectivity index (χ2v) is 8.01. The number of rotatable bonds is 7. The lowest BCUT2D eigenvalue weighted by Gasteiger charge is -2.26. The van der Waals surface area contributed by atoms with Crippen molar-refractivity contribution < 1.29 is 19.1 Å². The molecule has 0 bridgehead atoms. The van der Waals surface area contributed by atoms with E-state index in [0.29, 0.717) is 22.1 Å². The minimum absolute atomic E-state index is 0. The summed E-state index contributed by atoms with van der Waals surface area (Å²) in [6.07, 6.45) is -0.0855. The number of morpholine rings is 1. The zero-order valence-corrected chi connectivity index (χ0v) is 20.6. The van der Waals surface area contributed by atoms with Crippen LogP contribution in [0.3, 0.4) is 0 Å². The lowest BCUT2D eigenvalue weighted by atomic mass is 9.98. The molecule has 8 nitrogen and oxygen atoms in total. The van der Waals surface area contributed by atoms with E-state index in [1.807, 2.05) is 12.1 Å². The van der Waals surface area contributed by atoms with Gasteiger partial charge in [0.15, 0.2) is 0 Å². The lowest BCUT2D eigenvalue weighted by molar-refractivity contribution is -0.117. The van der Waals surface area contributed by atoms with E-state index >= 15 is 0 Å². The van der Waals surface area contributed by atoms with Crippen LogP contribution in [0.2, 0.25) is 0 Å². The van der Waals surface area contributed by atoms with Gasteiger partial charge in [0, 0.05) is 30.8 Å². The maximum Gasteiger partial charge on any atom is 0.343 e. The number of nitrogens with zero attached hydrogens (tertiary/aromatic N) is 1. The molecule has 1 amide bonds. The maximum atomic E-state index is 12.8. The summed E-state index contributed by atoms with van der Waals surface area (Å²) in [6, 6.07) is 15.9. The van der Waals surface area contributed by atoms with Crippen molar-refractivity contribution in [2.45, 2.75) is 13.0 Å². The zero-order valence-electron chi connectivity index (χ0n) is 19.0. The van der Waals surface area contributed by atoms with Gasteiger partial charge in [-0.3, -0.25) is 15.1 Å². The third kappa shape index (κ3) is 6.93. The predicted molar refractivity (Wildman–Crippen MR) is 140 cm³/mol. The number of hydrogen-bond donors (Lipinski definition) is 3. The number of primary amides is 1. The summed E-state index contributed by atoms with van der Waals surface area (Å²) in [5.74, 6) is -0.832. The molecule has 1 aliphatic rings. The number of carbonyl (C=O) groups is 2. The first-order valence-corrected chi connectivity index (χ1v) is 10.7. The molecule has 0 atom stereocenters. The van der Waals surface area contributed by atoms with Gasteiger partial charge in [-0.05, 0) is 40.6 Å². The number of amides is 1. The number of halogens is 2. The van der Waals surface area contributed by atoms with E-state index in [1.165, 1.54) is 0 Å². The molecule has 0 saturated carbocycles. The molecule has 35 heavy (non-hydrogen) atoms. The second-order valence-electron chi connectivity index (χ2n) is 8.01. The van der Waals surface area contributed by atoms with E-state index < -0.39 is 11.9 Å². The molecule has 1 fully saturated rings. The number of ether oxygens (including phenoxy) is 2. The Hall–Kier alpha value is -3.17. The quantitative estimate of drug-likeness (QED) is 0.190. The van der Waals surface area contributed by atoms with Crippen molar-refractivity contribution >= 4 is 53.3 Å². The van der Waals surface area contributed by atoms with Crippen LogP contribution in [0.25, 0.3) is 10.8 Å². The second kappa shape index (κ2) is 12.5. The van der Waals surface area contributed by atoms with Crippen molar-refractivity contribution in [1.29, 1.82) is 5.41 Å². The molecule has 10 heteroatoms. The van der Waals surface area contributed by atoms with E-state index in [1.54, 1.807) is 42.5 Å². The van der Waals surface area contributed by atoms with Crippen LogP contribution in [-0.4, -0.2) is 48.9 Å². The molecule has 0 unspecified atom stereocenters. The largest absolute Gasteiger partial charge is 0.423 e. The highest BCUT2D eigenvalue weighted by Crippen LogP contribution is 2.30. The molecular formula is C25H28Cl2N4O4. The number of esters is 1. The van der Waals surface area contributed by atoms with Crippen molar-refractivity contribution in [2.75, 3.05) is 26.3 Å². The summed E-state index contributed by atoms with van der Waals surface area (Å²) in [6.45, 7) is 4.05. The topological polar surface area (TPSA) is 132 Å². The number of benzene rings is 3. The van der Waals surface area contributed by atoms with Gasteiger partial charge < -0.3 is 20.9 Å². The van der Waals surface area contributed by atoms with Gasteiger partial charge in [-0.2, -0.15) is 0 Å². The van der Waals surface area contributed by atoms with Gasteiger partial charge in [0.05, 0.1) is 25.2 Å². The first-order valence-electron chi connectivity index (χ1n) is 10.7. The fraction of sp³-hybridized carbons (Fsp3) is 0.240. The molecule has 3 aromatic carbocycles. The molecule has 0 aromatic heterocycles. The predicted octanol–water partition coefficient (Wildman–Crippen LogP) is 3.05. The summed E-state index contributed by atoms with van der Waals surface area (Å²) in [5, 5.41) is 9.10. The molecule has 5 N–H and O–H groups in total. The highest BCUT2D eigenvalue weighted by Gasteiger charge is 2.17. The minimum atomic E-state index is -0.539. The monoisotopic (exact) mass is 518 g/mol. The third-order valence-electron chi connectivity index (χ3n) is 5.65. The van der Waals surface area contributed by atoms with Crippen LogP contribution in [0.1, 0.15) is 27.0 Å². The summed E-state index contributed by atoms with van der Waals surface area (Å²) in [7, 11) is 0. The van der Waals surface area contributed by atoms with E-state index in [2.05, 4.69) is 4.90 Å². The standard InChI is InChI=1S/C25H26N4O4.2ClH/c26-23(30)14-21-20-7-5-19(24(27)28)13-18(20)6-8-22(21)33-25(31)17-3-1-16(2-4-17)15-29-9-11-32-12-10-29;;/h1-8,13H,9-12,14-15H2,(H2,26,30)(H3,27,28);2*1H. The Bertz CT molecular complexity index is 1210. The Morgan fingerprint density at radius 2 is 1.60 bits per heavy atom. The number of nitrogens with one attached hydrogen (secondary N) is 1. The van der Waals surface area contributed by atoms with Gasteiger partial charge in [-0.1, -0.05) is 30.3 Å². The average molecular weight is 519 g/mol. The summed E-state index contributed by atoms with van der Waals surface area (Å²) in [4.78, 5) is 26.8. The third-order valence-corrected chi connectivity index (χ3v) is 5.65. The Morgan fingerprint density at radius 3 is 2.23 bits per heavy atom. The first kappa shape index (κ1) is 28.1. The molecule has 0 aliphatic carbocycles. The molecule has 0 spiro atoms. The van der Waals surface area contributed by atoms with Gasteiger partial charge in [-0.25, -0.2) is 4.79 Å². The van der Waals surface area contributed by atoms with Crippen molar-refractivity contribution in [2.24, 2.45) is 11.5 Å². The van der Waals surface area contributed by atoms with Crippen molar-refractivity contribution in [3.05, 3.63) is 76.9 Å². The summed E-state index contributed by atoms with van der Waals surface area (Å²) >= 11 is 0. The smallest absolute Gasteiger partial charge is 0.343 e. The Morgan fingerprint density at radius 1 is 0.943 bits per heavy atom. The van der Waals surface area contributed by atoms with Gasteiger partial charge in [0.2, 0.25) is 5.91 Å². The molecule has 4 rings (SSSR count). The molecule has 1 aliphatic heterocycles. The molecule has 1 heterocycles. The van der Waals surface area contributed by atoms with Crippen LogP contribution < -0.4 is 16.2 Å². The van der Waals surface area contributed by atoms with E-state index in [9.17, 15) is 9.59 Å². The van der Waals surface area contributed by atoms with Crippen molar-refractivity contribution in [3.8, 4) is 5.75 Å². The molecular weight excluding hydrogens is 491 g/mol. The Balaban J connectivity index is 0.00000216. The van der Waals surface area contributed by atoms with Crippen LogP contribution >= 0.6 is 24.8 Å². The minimum Gasteiger partial charge on any atom is -0.423 e. The SMILES string of the molecule is Cl.Cl.N=C(N)c1ccc2c(CC(N)=O)c(OC(=O)c3ccc(CN4CCOCC4)cc3)ccc2c1. The molecule has 3 aromatic rings. The zero-order chi connectivity index (χ0) is 23.4. The lowest BCUT2D eigenvalue weighted by Crippen LogP contribution is -2.35. The molecule has 186 valence electrons. The highest BCUT2D eigenvalue weighted by atomic mass is 35.5. The number of carbonyl (C=O) groups excluding carboxylic acids is 2. The van der Waals surface area contributed by atoms with Crippen LogP contribution in [-0.2, 0) is 22.5 Å². The van der Waals surface area contributed by atoms with Gasteiger partial charge >= 0.3 is 5.97 Å². The summed E-state index contributed by atoms with van der Waals surface area (Å²) < 4.78 is 11.0. The van der Waals surface area contributed by atoms with Crippen LogP contribution in [0.5, 0.6) is 5.75 Å². The van der Waals surface area contributed by atoms with Gasteiger partial charge in [0.25, 0.3) is 0 Å². The van der Waals surface area contributed by atoms with Crippen LogP contribution in [0.15, 0.2) is 54.6 Å². The average Bonchev–Trinajstić information content (AvgIpc) is 2.81. The number of fused-ring (bicyclic) bond motifs is 1. The van der Waals surface area contributed by atoms with Crippen LogP contribution in [0.4, 0.5) is 0 Å². The van der Waals surface area contributed by atoms with Crippen molar-refractivity contribution in [1.82, 2.24) is 4.90 Å². The number of amidine groups is 1. The normalized spacial score (nSPS) is 13.4. The Kier molecular flexibility index (Phi) is 10.0. The highest BCUT2D eigenvalue weighted by molar-refractivity contribution is 6.01. The fourth-order valence-electron chi connectivity index (χ4n) is 3.92. The van der Waals surface area contributed by atoms with E-state index in [0.717, 1.165) is 43.8 Å². The number of nitrogen functional groups attached to an aromatic ring is 1. The number of nitrogens with two attached hydrogens (primary N) is 2. The number of hydrogen-bond acceptors (Lipinski definition) is 6. The Labute approximate surface area is 215 Å². The molecule has 1 saturated heterocycles. The van der Waals surface area contributed by atoms with Gasteiger partial charge in [0.1, 0.15) is 11.6 Å². The van der Waals surface area contributed by atoms with E-state index in [4.69, 9.17) is 26.4 Å². The summed E-state index contributed by atoms with van der Waals surface area (Å²) in [5.41, 5.74) is 13.6. The van der Waals surface area contributed by atoms with E-state index in [-0.39, 0.29) is 42.8 Å². The maximum absolute atomic E-state index is 12.8. The first-order chi connectivity index (χ1) is 15.9. The fourth-order valence-corrected chi connectivity index (χ4v) is 3.92. The van der Waals surface area contributed by atoms with Crippen molar-refractivity contribution in [3.63, 3.8) is 0 Å². The van der Waals surface area contributed by atoms with Gasteiger partial charge in [-0.15, -0.1) is 24.8 Å². The van der Waals surface area contributed by atoms with Crippen LogP contribution in [0, 0.1) is 5.41 Å².